The minimum absolute atomic E-state index is 0.0634. The minimum Gasteiger partial charge on any atom is -0.480 e. The van der Waals surface area contributed by atoms with Crippen molar-refractivity contribution in [1.29, 1.82) is 0 Å². The number of nitrogens with two attached hydrogens (primary N) is 2. The third-order valence-electron chi connectivity index (χ3n) is 3.51. The first-order valence-electron chi connectivity index (χ1n) is 8.36. The molecule has 0 saturated heterocycles. The molecule has 11 nitrogen and oxygen atoms in total. The summed E-state index contributed by atoms with van der Waals surface area (Å²) in [5.74, 6) is -3.40. The quantitative estimate of drug-likeness (QED) is 0.144. The maximum absolute atomic E-state index is 12.4. The summed E-state index contributed by atoms with van der Waals surface area (Å²) in [4.78, 5) is 58.1. The van der Waals surface area contributed by atoms with E-state index in [1.807, 2.05) is 6.26 Å². The fourth-order valence-electron chi connectivity index (χ4n) is 1.96. The topological polar surface area (TPSA) is 194 Å². The van der Waals surface area contributed by atoms with Crippen LogP contribution in [0.1, 0.15) is 19.3 Å². The Morgan fingerprint density at radius 2 is 1.64 bits per heavy atom. The van der Waals surface area contributed by atoms with Crippen LogP contribution in [-0.4, -0.2) is 77.1 Å². The number of thioether (sulfide) groups is 1. The number of hydrogen-bond donors (Lipinski definition) is 7. The lowest BCUT2D eigenvalue weighted by molar-refractivity contribution is -0.138. The Labute approximate surface area is 172 Å². The molecular weight excluding hydrogens is 410 g/mol. The number of thiol groups is 1. The molecule has 0 aliphatic rings. The molecular formula is C15H27N5O6S2. The molecule has 13 heteroatoms. The van der Waals surface area contributed by atoms with Crippen molar-refractivity contribution in [3.8, 4) is 0 Å². The number of hydrogen-bond acceptors (Lipinski definition) is 8. The molecule has 0 aromatic heterocycles. The lowest BCUT2D eigenvalue weighted by Crippen LogP contribution is -2.56. The van der Waals surface area contributed by atoms with Gasteiger partial charge in [-0.05, 0) is 24.9 Å². The number of carboxylic acid groups (broad SMARTS) is 1. The number of nitrogens with one attached hydrogen (secondary N) is 3. The van der Waals surface area contributed by atoms with Gasteiger partial charge >= 0.3 is 5.97 Å². The summed E-state index contributed by atoms with van der Waals surface area (Å²) in [5, 5.41) is 15.6. The van der Waals surface area contributed by atoms with Crippen molar-refractivity contribution in [1.82, 2.24) is 16.0 Å². The van der Waals surface area contributed by atoms with Crippen LogP contribution < -0.4 is 27.4 Å². The molecule has 0 aliphatic carbocycles. The molecule has 0 rings (SSSR count). The second-order valence-corrected chi connectivity index (χ2v) is 7.16. The Morgan fingerprint density at radius 1 is 1.04 bits per heavy atom. The summed E-state index contributed by atoms with van der Waals surface area (Å²) in [5.41, 5.74) is 10.8. The predicted octanol–water partition coefficient (Wildman–Crippen LogP) is -2.57. The summed E-state index contributed by atoms with van der Waals surface area (Å²) in [6.45, 7) is -0.654. The van der Waals surface area contributed by atoms with Gasteiger partial charge in [0, 0.05) is 12.2 Å². The molecule has 4 amide bonds. The zero-order valence-electron chi connectivity index (χ0n) is 15.5. The summed E-state index contributed by atoms with van der Waals surface area (Å²) in [6, 6.07) is -3.07. The monoisotopic (exact) mass is 437 g/mol. The smallest absolute Gasteiger partial charge is 0.322 e. The fraction of sp³-hybridized carbons (Fsp3) is 0.667. The average molecular weight is 438 g/mol. The SMILES string of the molecule is CSCCC(N)C(=O)NC(CS)C(=O)NC(CCC(N)=O)C(=O)NCC(=O)O. The maximum Gasteiger partial charge on any atom is 0.322 e. The molecule has 0 aliphatic heterocycles. The summed E-state index contributed by atoms with van der Waals surface area (Å²) in [6.07, 6.45) is 1.96. The lowest BCUT2D eigenvalue weighted by atomic mass is 10.1. The number of carbonyl (C=O) groups is 5. The fourth-order valence-corrected chi connectivity index (χ4v) is 2.71. The van der Waals surface area contributed by atoms with Gasteiger partial charge in [-0.1, -0.05) is 0 Å². The van der Waals surface area contributed by atoms with Crippen molar-refractivity contribution >= 4 is 54.0 Å². The van der Waals surface area contributed by atoms with Crippen molar-refractivity contribution in [2.45, 2.75) is 37.4 Å². The van der Waals surface area contributed by atoms with Crippen LogP contribution in [0, 0.1) is 0 Å². The van der Waals surface area contributed by atoms with Crippen LogP contribution in [0.15, 0.2) is 0 Å². The van der Waals surface area contributed by atoms with Gasteiger partial charge in [0.2, 0.25) is 23.6 Å². The highest BCUT2D eigenvalue weighted by Crippen LogP contribution is 2.02. The Bertz CT molecular complexity index is 577. The van der Waals surface area contributed by atoms with Gasteiger partial charge in [-0.25, -0.2) is 0 Å². The van der Waals surface area contributed by atoms with Crippen LogP contribution in [0.3, 0.4) is 0 Å². The van der Waals surface area contributed by atoms with E-state index >= 15 is 0 Å². The van der Waals surface area contributed by atoms with Gasteiger partial charge in [-0.15, -0.1) is 0 Å². The van der Waals surface area contributed by atoms with Crippen molar-refractivity contribution in [2.75, 3.05) is 24.3 Å². The van der Waals surface area contributed by atoms with Crippen molar-refractivity contribution in [3.05, 3.63) is 0 Å². The first kappa shape index (κ1) is 26.0. The zero-order chi connectivity index (χ0) is 21.7. The standard InChI is InChI=1S/C15H27N5O6S2/c1-28-5-4-8(16)13(24)20-10(7-27)15(26)19-9(2-3-11(17)21)14(25)18-6-12(22)23/h8-10,27H,2-7,16H2,1H3,(H2,17,21)(H,18,25)(H,19,26)(H,20,24)(H,22,23). The number of carboxylic acids is 1. The van der Waals surface area contributed by atoms with Crippen LogP contribution >= 0.6 is 24.4 Å². The normalized spacial score (nSPS) is 13.7. The molecule has 0 aromatic carbocycles. The van der Waals surface area contributed by atoms with Gasteiger partial charge in [-0.2, -0.15) is 24.4 Å². The molecule has 160 valence electrons. The van der Waals surface area contributed by atoms with E-state index in [9.17, 15) is 24.0 Å². The van der Waals surface area contributed by atoms with Gasteiger partial charge in [0.05, 0.1) is 6.04 Å². The third-order valence-corrected chi connectivity index (χ3v) is 4.52. The highest BCUT2D eigenvalue weighted by molar-refractivity contribution is 7.98. The van der Waals surface area contributed by atoms with Gasteiger partial charge in [0.15, 0.2) is 0 Å². The highest BCUT2D eigenvalue weighted by Gasteiger charge is 2.27. The van der Waals surface area contributed by atoms with E-state index in [2.05, 4.69) is 28.6 Å². The van der Waals surface area contributed by atoms with Gasteiger partial charge in [0.25, 0.3) is 0 Å². The van der Waals surface area contributed by atoms with Crippen LogP contribution in [-0.2, 0) is 24.0 Å². The average Bonchev–Trinajstić information content (AvgIpc) is 2.64. The van der Waals surface area contributed by atoms with Gasteiger partial charge < -0.3 is 32.5 Å². The van der Waals surface area contributed by atoms with Crippen LogP contribution in [0.25, 0.3) is 0 Å². The van der Waals surface area contributed by atoms with E-state index < -0.39 is 54.3 Å². The van der Waals surface area contributed by atoms with Crippen LogP contribution in [0.4, 0.5) is 0 Å². The van der Waals surface area contributed by atoms with Crippen molar-refractivity contribution in [3.63, 3.8) is 0 Å². The number of primary amides is 1. The second kappa shape index (κ2) is 14.1. The Balaban J connectivity index is 4.96. The molecule has 3 atom stereocenters. The van der Waals surface area contributed by atoms with Crippen LogP contribution in [0.2, 0.25) is 0 Å². The lowest BCUT2D eigenvalue weighted by Gasteiger charge is -2.23. The Morgan fingerprint density at radius 3 is 2.14 bits per heavy atom. The molecule has 3 unspecified atom stereocenters. The van der Waals surface area contributed by atoms with E-state index in [0.717, 1.165) is 0 Å². The van der Waals surface area contributed by atoms with E-state index in [-0.39, 0.29) is 18.6 Å². The largest absolute Gasteiger partial charge is 0.480 e. The van der Waals surface area contributed by atoms with E-state index in [1.165, 1.54) is 11.8 Å². The molecule has 0 aromatic rings. The maximum atomic E-state index is 12.4. The third kappa shape index (κ3) is 11.0. The molecule has 0 saturated carbocycles. The summed E-state index contributed by atoms with van der Waals surface area (Å²) in [7, 11) is 0. The van der Waals surface area contributed by atoms with Crippen LogP contribution in [0.5, 0.6) is 0 Å². The molecule has 0 radical (unpaired) electrons. The number of carbonyl (C=O) groups excluding carboxylic acids is 4. The predicted molar refractivity (Wildman–Crippen MR) is 108 cm³/mol. The molecule has 8 N–H and O–H groups in total. The van der Waals surface area contributed by atoms with E-state index in [0.29, 0.717) is 12.2 Å². The van der Waals surface area contributed by atoms with E-state index in [4.69, 9.17) is 16.6 Å². The van der Waals surface area contributed by atoms with Gasteiger partial charge in [0.1, 0.15) is 18.6 Å². The number of amides is 4. The highest BCUT2D eigenvalue weighted by atomic mass is 32.2. The first-order chi connectivity index (χ1) is 13.1. The van der Waals surface area contributed by atoms with Gasteiger partial charge in [-0.3, -0.25) is 24.0 Å². The Kier molecular flexibility index (Phi) is 13.1. The summed E-state index contributed by atoms with van der Waals surface area (Å²) >= 11 is 5.55. The molecule has 0 bridgehead atoms. The Hall–Kier alpha value is -1.99. The molecule has 0 spiro atoms. The number of rotatable bonds is 14. The number of aliphatic carboxylic acids is 1. The van der Waals surface area contributed by atoms with E-state index in [1.54, 1.807) is 0 Å². The first-order valence-corrected chi connectivity index (χ1v) is 10.4. The summed E-state index contributed by atoms with van der Waals surface area (Å²) < 4.78 is 0. The molecule has 28 heavy (non-hydrogen) atoms. The van der Waals surface area contributed by atoms with Crippen molar-refractivity contribution in [2.24, 2.45) is 11.5 Å². The van der Waals surface area contributed by atoms with Crippen molar-refractivity contribution < 1.29 is 29.1 Å². The minimum atomic E-state index is -1.27. The second-order valence-electron chi connectivity index (χ2n) is 5.81. The molecule has 0 fully saturated rings. The zero-order valence-corrected chi connectivity index (χ0v) is 17.2. The molecule has 0 heterocycles.